The molecule has 0 aliphatic carbocycles. The van der Waals surface area contributed by atoms with Crippen LogP contribution in [-0.4, -0.2) is 65.0 Å². The van der Waals surface area contributed by atoms with E-state index in [1.54, 1.807) is 13.8 Å². The van der Waals surface area contributed by atoms with Gasteiger partial charge in [0, 0.05) is 12.0 Å². The molecule has 2 aromatic rings. The number of hydrogen-bond donors (Lipinski definition) is 3. The van der Waals surface area contributed by atoms with E-state index in [-0.39, 0.29) is 12.6 Å². The summed E-state index contributed by atoms with van der Waals surface area (Å²) in [4.78, 5) is 11.4. The van der Waals surface area contributed by atoms with Gasteiger partial charge in [0.15, 0.2) is 0 Å². The van der Waals surface area contributed by atoms with E-state index in [4.69, 9.17) is 18.9 Å². The van der Waals surface area contributed by atoms with Gasteiger partial charge in [0.25, 0.3) is 0 Å². The minimum Gasteiger partial charge on any atom is -0.494 e. The maximum atomic E-state index is 11.4. The van der Waals surface area contributed by atoms with Gasteiger partial charge >= 0.3 is 5.97 Å². The molecule has 3 N–H and O–H groups in total. The molecule has 2 aromatic carbocycles. The first-order valence-electron chi connectivity index (χ1n) is 12.0. The van der Waals surface area contributed by atoms with Gasteiger partial charge in [0.1, 0.15) is 29.7 Å². The van der Waals surface area contributed by atoms with Gasteiger partial charge in [-0.1, -0.05) is 24.3 Å². The molecule has 0 aromatic heterocycles. The lowest BCUT2D eigenvalue weighted by Gasteiger charge is -2.45. The molecule has 0 saturated carbocycles. The fraction of sp³-hybridized carbons (Fsp3) is 0.519. The Morgan fingerprint density at radius 2 is 1.86 bits per heavy atom. The van der Waals surface area contributed by atoms with Crippen LogP contribution >= 0.6 is 0 Å². The number of aryl methyl sites for hydroxylation is 1. The van der Waals surface area contributed by atoms with Gasteiger partial charge in [-0.3, -0.25) is 4.79 Å². The normalized spacial score (nSPS) is 29.7. The Hall–Kier alpha value is -2.49. The van der Waals surface area contributed by atoms with E-state index in [0.29, 0.717) is 38.0 Å². The number of hydrogen-bond acceptors (Lipinski definition) is 8. The standard InChI is InChI=1S/C27H34O8/c1-4-32-22(28)6-5-13-33-21-11-8-18(9-12-21)14-19-15-20(10-7-17(19)2)27-25(31)23(29)24(30)26(3,35-27)16-34-27/h7-12,15,23-25,29-31H,4-6,13-14,16H2,1-3H3/t23-,24-,25+,26-,27-/m0/s1. The number of ether oxygens (including phenoxy) is 4. The van der Waals surface area contributed by atoms with Gasteiger partial charge in [-0.25, -0.2) is 0 Å². The number of benzene rings is 2. The third kappa shape index (κ3) is 5.08. The van der Waals surface area contributed by atoms with Crippen molar-refractivity contribution >= 4 is 5.97 Å². The summed E-state index contributed by atoms with van der Waals surface area (Å²) < 4.78 is 22.6. The highest BCUT2D eigenvalue weighted by atomic mass is 16.8. The second kappa shape index (κ2) is 10.2. The minimum atomic E-state index is -1.53. The first-order chi connectivity index (χ1) is 16.7. The Labute approximate surface area is 205 Å². The Bertz CT molecular complexity index is 1040. The monoisotopic (exact) mass is 486 g/mol. The van der Waals surface area contributed by atoms with Gasteiger partial charge in [0.2, 0.25) is 5.79 Å². The molecular weight excluding hydrogens is 452 g/mol. The van der Waals surface area contributed by atoms with Crippen LogP contribution in [-0.2, 0) is 31.2 Å². The van der Waals surface area contributed by atoms with Crippen LogP contribution in [0, 0.1) is 6.92 Å². The van der Waals surface area contributed by atoms with E-state index < -0.39 is 29.7 Å². The van der Waals surface area contributed by atoms with Crippen LogP contribution in [0.3, 0.4) is 0 Å². The lowest BCUT2D eigenvalue weighted by molar-refractivity contribution is -0.322. The summed E-state index contributed by atoms with van der Waals surface area (Å²) in [5.74, 6) is -1.02. The Kier molecular flexibility index (Phi) is 7.49. The first kappa shape index (κ1) is 25.6. The van der Waals surface area contributed by atoms with Crippen molar-refractivity contribution in [2.45, 2.75) is 69.7 Å². The Morgan fingerprint density at radius 3 is 2.57 bits per heavy atom. The highest BCUT2D eigenvalue weighted by Crippen LogP contribution is 2.49. The molecule has 2 fully saturated rings. The molecule has 2 saturated heterocycles. The van der Waals surface area contributed by atoms with Crippen LogP contribution < -0.4 is 4.74 Å². The second-order valence-electron chi connectivity index (χ2n) is 9.47. The molecule has 8 nitrogen and oxygen atoms in total. The molecule has 2 bridgehead atoms. The maximum Gasteiger partial charge on any atom is 0.305 e. The highest BCUT2D eigenvalue weighted by molar-refractivity contribution is 5.69. The maximum absolute atomic E-state index is 11.4. The summed E-state index contributed by atoms with van der Waals surface area (Å²) in [6.07, 6.45) is -2.49. The third-order valence-corrected chi connectivity index (χ3v) is 6.79. The molecule has 0 amide bonds. The first-order valence-corrected chi connectivity index (χ1v) is 12.0. The smallest absolute Gasteiger partial charge is 0.305 e. The summed E-state index contributed by atoms with van der Waals surface area (Å²) >= 11 is 0. The fourth-order valence-corrected chi connectivity index (χ4v) is 4.66. The van der Waals surface area contributed by atoms with Gasteiger partial charge < -0.3 is 34.3 Å². The minimum absolute atomic E-state index is 0.0622. The summed E-state index contributed by atoms with van der Waals surface area (Å²) in [5, 5.41) is 31.6. The lowest BCUT2D eigenvalue weighted by Crippen LogP contribution is -2.63. The van der Waals surface area contributed by atoms with Crippen LogP contribution in [0.2, 0.25) is 0 Å². The van der Waals surface area contributed by atoms with Gasteiger partial charge in [-0.15, -0.1) is 0 Å². The van der Waals surface area contributed by atoms with Crippen LogP contribution in [0.25, 0.3) is 0 Å². The zero-order valence-corrected chi connectivity index (χ0v) is 20.4. The molecule has 190 valence electrons. The van der Waals surface area contributed by atoms with Gasteiger partial charge in [-0.2, -0.15) is 0 Å². The molecule has 0 radical (unpaired) electrons. The molecular formula is C27H34O8. The van der Waals surface area contributed by atoms with Crippen molar-refractivity contribution in [1.29, 1.82) is 0 Å². The van der Waals surface area contributed by atoms with Crippen LogP contribution in [0.15, 0.2) is 42.5 Å². The average Bonchev–Trinajstić information content (AvgIpc) is 3.19. The largest absolute Gasteiger partial charge is 0.494 e. The predicted octanol–water partition coefficient (Wildman–Crippen LogP) is 2.36. The summed E-state index contributed by atoms with van der Waals surface area (Å²) in [5.41, 5.74) is 2.65. The van der Waals surface area contributed by atoms with Crippen LogP contribution in [0.5, 0.6) is 5.75 Å². The van der Waals surface area contributed by atoms with E-state index in [0.717, 1.165) is 22.4 Å². The fourth-order valence-electron chi connectivity index (χ4n) is 4.66. The van der Waals surface area contributed by atoms with E-state index in [9.17, 15) is 20.1 Å². The quantitative estimate of drug-likeness (QED) is 0.366. The predicted molar refractivity (Wildman–Crippen MR) is 127 cm³/mol. The van der Waals surface area contributed by atoms with Gasteiger partial charge in [0.05, 0.1) is 19.8 Å². The molecule has 8 heteroatoms. The number of rotatable bonds is 9. The number of carbonyl (C=O) groups is 1. The molecule has 0 spiro atoms. The molecule has 2 aliphatic heterocycles. The Morgan fingerprint density at radius 1 is 1.11 bits per heavy atom. The zero-order valence-electron chi connectivity index (χ0n) is 20.4. The summed E-state index contributed by atoms with van der Waals surface area (Å²) in [6.45, 7) is 6.35. The van der Waals surface area contributed by atoms with Crippen molar-refractivity contribution in [3.05, 3.63) is 64.7 Å². The van der Waals surface area contributed by atoms with E-state index >= 15 is 0 Å². The van der Waals surface area contributed by atoms with Crippen LogP contribution in [0.4, 0.5) is 0 Å². The number of esters is 1. The van der Waals surface area contributed by atoms with Crippen LogP contribution in [0.1, 0.15) is 48.9 Å². The summed E-state index contributed by atoms with van der Waals surface area (Å²) in [7, 11) is 0. The highest BCUT2D eigenvalue weighted by Gasteiger charge is 2.65. The van der Waals surface area contributed by atoms with Crippen molar-refractivity contribution in [3.63, 3.8) is 0 Å². The molecule has 4 rings (SSSR count). The molecule has 2 heterocycles. The Balaban J connectivity index is 1.43. The number of fused-ring (bicyclic) bond motifs is 2. The molecule has 5 atom stereocenters. The van der Waals surface area contributed by atoms with Gasteiger partial charge in [-0.05, 0) is 68.5 Å². The summed E-state index contributed by atoms with van der Waals surface area (Å²) in [6, 6.07) is 13.5. The van der Waals surface area contributed by atoms with Crippen molar-refractivity contribution < 1.29 is 39.1 Å². The number of aliphatic hydroxyl groups excluding tert-OH is 3. The van der Waals surface area contributed by atoms with E-state index in [2.05, 4.69) is 0 Å². The molecule has 35 heavy (non-hydrogen) atoms. The SMILES string of the molecule is CCOC(=O)CCCOc1ccc(Cc2cc([C@]34OC[C@](C)(O3)[C@@H](O)[C@H](O)[C@H]4O)ccc2C)cc1. The van der Waals surface area contributed by atoms with Crippen molar-refractivity contribution in [2.24, 2.45) is 0 Å². The molecule has 2 aliphatic rings. The lowest BCUT2D eigenvalue weighted by atomic mass is 9.84. The second-order valence-corrected chi connectivity index (χ2v) is 9.47. The third-order valence-electron chi connectivity index (χ3n) is 6.79. The number of aliphatic hydroxyl groups is 3. The average molecular weight is 487 g/mol. The zero-order chi connectivity index (χ0) is 25.2. The topological polar surface area (TPSA) is 115 Å². The van der Waals surface area contributed by atoms with E-state index in [1.807, 2.05) is 49.4 Å². The number of carbonyl (C=O) groups excluding carboxylic acids is 1. The van der Waals surface area contributed by atoms with Crippen molar-refractivity contribution in [2.75, 3.05) is 19.8 Å². The molecule has 0 unspecified atom stereocenters. The van der Waals surface area contributed by atoms with Crippen molar-refractivity contribution in [3.8, 4) is 5.75 Å². The van der Waals surface area contributed by atoms with Crippen molar-refractivity contribution in [1.82, 2.24) is 0 Å². The van der Waals surface area contributed by atoms with E-state index in [1.165, 1.54) is 0 Å².